The molecule has 100 valence electrons. The Balaban J connectivity index is 1.92. The van der Waals surface area contributed by atoms with E-state index in [1.165, 1.54) is 0 Å². The van der Waals surface area contributed by atoms with Crippen molar-refractivity contribution >= 4 is 5.91 Å². The van der Waals surface area contributed by atoms with Crippen LogP contribution in [-0.2, 0) is 12.8 Å². The summed E-state index contributed by atoms with van der Waals surface area (Å²) in [6, 6.07) is 0. The van der Waals surface area contributed by atoms with Gasteiger partial charge in [0.1, 0.15) is 0 Å². The molecular weight excluding hydrogens is 230 g/mol. The second kappa shape index (κ2) is 5.52. The Hall–Kier alpha value is -1.36. The largest absolute Gasteiger partial charge is 0.391 e. The number of aliphatic hydroxyl groups is 1. The van der Waals surface area contributed by atoms with Crippen LogP contribution in [0.3, 0.4) is 0 Å². The zero-order valence-corrected chi connectivity index (χ0v) is 11.0. The SMILES string of the molecule is CCC(C)C(O)CNC(=O)c1n[nH]c2c1CCC2. The molecular formula is C13H21N3O2. The quantitative estimate of drug-likeness (QED) is 0.731. The van der Waals surface area contributed by atoms with Gasteiger partial charge in [0.25, 0.3) is 5.91 Å². The third kappa shape index (κ3) is 2.56. The van der Waals surface area contributed by atoms with Gasteiger partial charge in [-0.2, -0.15) is 5.10 Å². The van der Waals surface area contributed by atoms with Crippen LogP contribution in [0.2, 0.25) is 0 Å². The number of aromatic amines is 1. The molecule has 3 N–H and O–H groups in total. The highest BCUT2D eigenvalue weighted by atomic mass is 16.3. The van der Waals surface area contributed by atoms with Crippen LogP contribution in [-0.4, -0.2) is 33.9 Å². The van der Waals surface area contributed by atoms with E-state index in [4.69, 9.17) is 0 Å². The Kier molecular flexibility index (Phi) is 4.01. The van der Waals surface area contributed by atoms with E-state index in [2.05, 4.69) is 15.5 Å². The van der Waals surface area contributed by atoms with Crippen molar-refractivity contribution in [2.24, 2.45) is 5.92 Å². The normalized spacial score (nSPS) is 17.3. The fraction of sp³-hybridized carbons (Fsp3) is 0.692. The average molecular weight is 251 g/mol. The molecule has 0 aliphatic heterocycles. The number of fused-ring (bicyclic) bond motifs is 1. The van der Waals surface area contributed by atoms with Gasteiger partial charge in [-0.25, -0.2) is 0 Å². The van der Waals surface area contributed by atoms with E-state index in [1.54, 1.807) is 0 Å². The van der Waals surface area contributed by atoms with E-state index in [1.807, 2.05) is 13.8 Å². The Morgan fingerprint density at radius 2 is 2.33 bits per heavy atom. The number of aromatic nitrogens is 2. The molecule has 0 saturated carbocycles. The van der Waals surface area contributed by atoms with Crippen molar-refractivity contribution in [3.8, 4) is 0 Å². The van der Waals surface area contributed by atoms with E-state index < -0.39 is 6.10 Å². The molecule has 1 heterocycles. The highest BCUT2D eigenvalue weighted by Crippen LogP contribution is 2.22. The lowest BCUT2D eigenvalue weighted by Gasteiger charge is -2.17. The molecule has 5 heteroatoms. The molecule has 2 unspecified atom stereocenters. The van der Waals surface area contributed by atoms with Crippen LogP contribution in [0.5, 0.6) is 0 Å². The van der Waals surface area contributed by atoms with Crippen molar-refractivity contribution in [1.82, 2.24) is 15.5 Å². The zero-order valence-electron chi connectivity index (χ0n) is 11.0. The fourth-order valence-electron chi connectivity index (χ4n) is 2.26. The lowest BCUT2D eigenvalue weighted by molar-refractivity contribution is 0.0845. The van der Waals surface area contributed by atoms with Crippen molar-refractivity contribution in [3.05, 3.63) is 17.0 Å². The van der Waals surface area contributed by atoms with Gasteiger partial charge in [-0.3, -0.25) is 9.89 Å². The zero-order chi connectivity index (χ0) is 13.1. The summed E-state index contributed by atoms with van der Waals surface area (Å²) < 4.78 is 0. The minimum absolute atomic E-state index is 0.184. The van der Waals surface area contributed by atoms with Crippen LogP contribution < -0.4 is 5.32 Å². The molecule has 1 aliphatic rings. The summed E-state index contributed by atoms with van der Waals surface area (Å²) in [6.07, 6.45) is 3.38. The van der Waals surface area contributed by atoms with Crippen molar-refractivity contribution in [2.45, 2.75) is 45.6 Å². The predicted octanol–water partition coefficient (Wildman–Crippen LogP) is 1.04. The lowest BCUT2D eigenvalue weighted by Crippen LogP contribution is -2.35. The third-order valence-electron chi connectivity index (χ3n) is 3.79. The number of rotatable bonds is 5. The number of amides is 1. The molecule has 0 aromatic carbocycles. The predicted molar refractivity (Wildman–Crippen MR) is 68.4 cm³/mol. The summed E-state index contributed by atoms with van der Waals surface area (Å²) in [5.74, 6) is 0.00644. The van der Waals surface area contributed by atoms with Crippen LogP contribution in [0.25, 0.3) is 0 Å². The highest BCUT2D eigenvalue weighted by Gasteiger charge is 2.23. The molecule has 5 nitrogen and oxygen atoms in total. The van der Waals surface area contributed by atoms with Gasteiger partial charge in [0.2, 0.25) is 0 Å². The molecule has 18 heavy (non-hydrogen) atoms. The summed E-state index contributed by atoms with van der Waals surface area (Å²) in [7, 11) is 0. The van der Waals surface area contributed by atoms with Gasteiger partial charge in [-0.1, -0.05) is 20.3 Å². The van der Waals surface area contributed by atoms with Gasteiger partial charge >= 0.3 is 0 Å². The molecule has 0 spiro atoms. The second-order valence-corrected chi connectivity index (χ2v) is 5.05. The molecule has 0 fully saturated rings. The van der Waals surface area contributed by atoms with E-state index in [0.717, 1.165) is 36.9 Å². The van der Waals surface area contributed by atoms with E-state index in [0.29, 0.717) is 5.69 Å². The number of aryl methyl sites for hydroxylation is 1. The van der Waals surface area contributed by atoms with Gasteiger partial charge in [-0.05, 0) is 25.2 Å². The first-order chi connectivity index (χ1) is 8.63. The van der Waals surface area contributed by atoms with Crippen molar-refractivity contribution in [1.29, 1.82) is 0 Å². The molecule has 2 atom stereocenters. The fourth-order valence-corrected chi connectivity index (χ4v) is 2.26. The number of hydrogen-bond acceptors (Lipinski definition) is 3. The lowest BCUT2D eigenvalue weighted by atomic mass is 10.0. The smallest absolute Gasteiger partial charge is 0.272 e. The summed E-state index contributed by atoms with van der Waals surface area (Å²) >= 11 is 0. The van der Waals surface area contributed by atoms with Crippen LogP contribution in [0.1, 0.15) is 48.4 Å². The Morgan fingerprint density at radius 1 is 1.56 bits per heavy atom. The second-order valence-electron chi connectivity index (χ2n) is 5.05. The van der Waals surface area contributed by atoms with E-state index in [9.17, 15) is 9.90 Å². The Bertz CT molecular complexity index is 428. The molecule has 0 bridgehead atoms. The van der Waals surface area contributed by atoms with Crippen LogP contribution >= 0.6 is 0 Å². The van der Waals surface area contributed by atoms with Gasteiger partial charge < -0.3 is 10.4 Å². The number of hydrogen-bond donors (Lipinski definition) is 3. The van der Waals surface area contributed by atoms with Crippen LogP contribution in [0.15, 0.2) is 0 Å². The molecule has 1 aromatic rings. The minimum atomic E-state index is -0.494. The van der Waals surface area contributed by atoms with Gasteiger partial charge in [-0.15, -0.1) is 0 Å². The van der Waals surface area contributed by atoms with Gasteiger partial charge in [0, 0.05) is 17.8 Å². The molecule has 2 rings (SSSR count). The van der Waals surface area contributed by atoms with Gasteiger partial charge in [0.05, 0.1) is 6.10 Å². The summed E-state index contributed by atoms with van der Waals surface area (Å²) in [6.45, 7) is 4.29. The van der Waals surface area contributed by atoms with Gasteiger partial charge in [0.15, 0.2) is 5.69 Å². The van der Waals surface area contributed by atoms with Crippen molar-refractivity contribution in [2.75, 3.05) is 6.54 Å². The number of nitrogens with one attached hydrogen (secondary N) is 2. The first kappa shape index (κ1) is 13.1. The summed E-state index contributed by atoms with van der Waals surface area (Å²) in [5.41, 5.74) is 2.63. The maximum Gasteiger partial charge on any atom is 0.272 e. The first-order valence-electron chi connectivity index (χ1n) is 6.65. The first-order valence-corrected chi connectivity index (χ1v) is 6.65. The summed E-state index contributed by atoms with van der Waals surface area (Å²) in [4.78, 5) is 12.0. The Labute approximate surface area is 107 Å². The van der Waals surface area contributed by atoms with E-state index in [-0.39, 0.29) is 18.4 Å². The maximum absolute atomic E-state index is 12.0. The standard InChI is InChI=1S/C13H21N3O2/c1-3-8(2)11(17)7-14-13(18)12-9-5-4-6-10(9)15-16-12/h8,11,17H,3-7H2,1-2H3,(H,14,18)(H,15,16). The number of aliphatic hydroxyl groups excluding tert-OH is 1. The summed E-state index contributed by atoms with van der Waals surface area (Å²) in [5, 5.41) is 19.6. The number of carbonyl (C=O) groups excluding carboxylic acids is 1. The number of carbonyl (C=O) groups is 1. The molecule has 0 radical (unpaired) electrons. The van der Waals surface area contributed by atoms with Crippen LogP contribution in [0, 0.1) is 5.92 Å². The molecule has 1 amide bonds. The highest BCUT2D eigenvalue weighted by molar-refractivity contribution is 5.94. The van der Waals surface area contributed by atoms with Crippen LogP contribution in [0.4, 0.5) is 0 Å². The molecule has 1 aliphatic carbocycles. The monoisotopic (exact) mass is 251 g/mol. The number of H-pyrrole nitrogens is 1. The van der Waals surface area contributed by atoms with Crippen molar-refractivity contribution in [3.63, 3.8) is 0 Å². The third-order valence-corrected chi connectivity index (χ3v) is 3.79. The van der Waals surface area contributed by atoms with E-state index >= 15 is 0 Å². The van der Waals surface area contributed by atoms with Crippen molar-refractivity contribution < 1.29 is 9.90 Å². The number of nitrogens with zero attached hydrogens (tertiary/aromatic N) is 1. The topological polar surface area (TPSA) is 78.0 Å². The maximum atomic E-state index is 12.0. The molecule has 1 aromatic heterocycles. The average Bonchev–Trinajstić information content (AvgIpc) is 2.96. The molecule has 0 saturated heterocycles. The minimum Gasteiger partial charge on any atom is -0.391 e. The Morgan fingerprint density at radius 3 is 3.06 bits per heavy atom.